The number of aryl methyl sites for hydroxylation is 2. The zero-order chi connectivity index (χ0) is 23.5. The fourth-order valence-corrected chi connectivity index (χ4v) is 5.64. The number of halogens is 1. The topological polar surface area (TPSA) is 44.2 Å². The number of hydrogen-bond donors (Lipinski definition) is 0. The third kappa shape index (κ3) is 4.31. The summed E-state index contributed by atoms with van der Waals surface area (Å²) in [6.07, 6.45) is 8.11. The fourth-order valence-electron chi connectivity index (χ4n) is 4.97. The molecule has 0 N–H and O–H groups in total. The molecule has 1 aliphatic carbocycles. The molecular formula is C29H27BrN2O2. The van der Waals surface area contributed by atoms with Gasteiger partial charge >= 0.3 is 0 Å². The van der Waals surface area contributed by atoms with E-state index in [4.69, 9.17) is 9.47 Å². The van der Waals surface area contributed by atoms with Gasteiger partial charge in [-0.15, -0.1) is 0 Å². The molecule has 0 amide bonds. The Morgan fingerprint density at radius 1 is 0.794 bits per heavy atom. The minimum absolute atomic E-state index is 0.361. The summed E-state index contributed by atoms with van der Waals surface area (Å²) < 4.78 is 12.1. The van der Waals surface area contributed by atoms with Crippen LogP contribution in [0.2, 0.25) is 0 Å². The van der Waals surface area contributed by atoms with Crippen molar-refractivity contribution < 1.29 is 9.47 Å². The normalized spacial score (nSPS) is 13.2. The SMILES string of the molecule is COC(OC)c1cccc2c1c(Br)cc1c3c(ccc12)CCCC3.c1cnc2ncccc2c1. The number of fused-ring (bicyclic) bond motifs is 6. The molecule has 6 rings (SSSR count). The van der Waals surface area contributed by atoms with Crippen LogP contribution in [0.4, 0.5) is 0 Å². The van der Waals surface area contributed by atoms with E-state index in [9.17, 15) is 0 Å². The summed E-state index contributed by atoms with van der Waals surface area (Å²) in [5.74, 6) is 0. The molecule has 0 fully saturated rings. The van der Waals surface area contributed by atoms with Crippen molar-refractivity contribution in [3.63, 3.8) is 0 Å². The Morgan fingerprint density at radius 3 is 2.24 bits per heavy atom. The summed E-state index contributed by atoms with van der Waals surface area (Å²) >= 11 is 3.81. The molecule has 34 heavy (non-hydrogen) atoms. The molecule has 0 saturated carbocycles. The third-order valence-electron chi connectivity index (χ3n) is 6.53. The molecule has 0 bridgehead atoms. The number of ether oxygens (including phenoxy) is 2. The Morgan fingerprint density at radius 2 is 1.53 bits per heavy atom. The molecule has 0 spiro atoms. The first-order valence-corrected chi connectivity index (χ1v) is 12.4. The number of rotatable bonds is 3. The second kappa shape index (κ2) is 10.2. The van der Waals surface area contributed by atoms with Gasteiger partial charge in [0, 0.05) is 47.4 Å². The number of methoxy groups -OCH3 is 2. The monoisotopic (exact) mass is 514 g/mol. The molecule has 2 heterocycles. The van der Waals surface area contributed by atoms with Crippen molar-refractivity contribution in [3.05, 3.63) is 94.2 Å². The van der Waals surface area contributed by atoms with Crippen molar-refractivity contribution in [1.29, 1.82) is 0 Å². The van der Waals surface area contributed by atoms with E-state index >= 15 is 0 Å². The first kappa shape index (κ1) is 22.9. The minimum atomic E-state index is -0.361. The summed E-state index contributed by atoms with van der Waals surface area (Å²) in [4.78, 5) is 8.14. The van der Waals surface area contributed by atoms with Crippen LogP contribution >= 0.6 is 15.9 Å². The van der Waals surface area contributed by atoms with Crippen LogP contribution in [-0.2, 0) is 22.3 Å². The van der Waals surface area contributed by atoms with E-state index in [0.29, 0.717) is 0 Å². The summed E-state index contributed by atoms with van der Waals surface area (Å²) in [5.41, 5.74) is 4.92. The van der Waals surface area contributed by atoms with Crippen LogP contribution in [0.25, 0.3) is 32.6 Å². The summed E-state index contributed by atoms with van der Waals surface area (Å²) in [6.45, 7) is 0. The Hall–Kier alpha value is -2.86. The lowest BCUT2D eigenvalue weighted by Crippen LogP contribution is -2.06. The summed E-state index contributed by atoms with van der Waals surface area (Å²) in [7, 11) is 3.36. The van der Waals surface area contributed by atoms with Gasteiger partial charge in [-0.2, -0.15) is 0 Å². The Labute approximate surface area is 208 Å². The number of nitrogens with zero attached hydrogens (tertiary/aromatic N) is 2. The van der Waals surface area contributed by atoms with Crippen LogP contribution in [-0.4, -0.2) is 24.2 Å². The van der Waals surface area contributed by atoms with Crippen LogP contribution < -0.4 is 0 Å². The fraction of sp³-hybridized carbons (Fsp3) is 0.241. The molecule has 0 unspecified atom stereocenters. The molecule has 0 aliphatic heterocycles. The van der Waals surface area contributed by atoms with Gasteiger partial charge in [0.1, 0.15) is 0 Å². The van der Waals surface area contributed by atoms with Crippen LogP contribution in [0.15, 0.2) is 77.5 Å². The van der Waals surface area contributed by atoms with E-state index in [0.717, 1.165) is 21.1 Å². The van der Waals surface area contributed by atoms with E-state index in [1.54, 1.807) is 26.6 Å². The number of benzene rings is 3. The van der Waals surface area contributed by atoms with E-state index in [2.05, 4.69) is 62.3 Å². The third-order valence-corrected chi connectivity index (χ3v) is 7.16. The average molecular weight is 515 g/mol. The van der Waals surface area contributed by atoms with Crippen LogP contribution in [0.5, 0.6) is 0 Å². The summed E-state index contributed by atoms with van der Waals surface area (Å²) in [6, 6.07) is 21.1. The standard InChI is InChI=1S/C21H21BrO2.C8H6N2/c1-23-21(24-2)17-9-5-8-16-15-11-10-13-6-3-4-7-14(13)18(15)12-19(22)20(16)17;1-3-7-4-2-6-10-8(7)9-5-1/h5,8-12,21H,3-4,6-7H2,1-2H3;1-6H. The van der Waals surface area contributed by atoms with Gasteiger partial charge in [0.2, 0.25) is 0 Å². The van der Waals surface area contributed by atoms with E-state index in [1.807, 2.05) is 24.3 Å². The number of hydrogen-bond acceptors (Lipinski definition) is 4. The largest absolute Gasteiger partial charge is 0.352 e. The quantitative estimate of drug-likeness (QED) is 0.184. The lowest BCUT2D eigenvalue weighted by atomic mass is 9.86. The van der Waals surface area contributed by atoms with Gasteiger partial charge in [0.15, 0.2) is 11.9 Å². The maximum Gasteiger partial charge on any atom is 0.183 e. The Balaban J connectivity index is 0.000000200. The maximum absolute atomic E-state index is 5.51. The van der Waals surface area contributed by atoms with Crippen LogP contribution in [0.1, 0.15) is 35.8 Å². The zero-order valence-corrected chi connectivity index (χ0v) is 21.0. The first-order chi connectivity index (χ1) is 16.7. The second-order valence-electron chi connectivity index (χ2n) is 8.49. The van der Waals surface area contributed by atoms with Gasteiger partial charge < -0.3 is 9.47 Å². The smallest absolute Gasteiger partial charge is 0.183 e. The van der Waals surface area contributed by atoms with Crippen molar-refractivity contribution in [3.8, 4) is 0 Å². The van der Waals surface area contributed by atoms with E-state index < -0.39 is 0 Å². The molecular weight excluding hydrogens is 488 g/mol. The van der Waals surface area contributed by atoms with Crippen molar-refractivity contribution in [1.82, 2.24) is 9.97 Å². The molecule has 5 heteroatoms. The second-order valence-corrected chi connectivity index (χ2v) is 9.34. The highest BCUT2D eigenvalue weighted by atomic mass is 79.9. The van der Waals surface area contributed by atoms with Crippen molar-refractivity contribution in [2.24, 2.45) is 0 Å². The van der Waals surface area contributed by atoms with E-state index in [1.165, 1.54) is 58.4 Å². The Bertz CT molecular complexity index is 1400. The van der Waals surface area contributed by atoms with Gasteiger partial charge in [0.05, 0.1) is 0 Å². The van der Waals surface area contributed by atoms with Gasteiger partial charge in [0.25, 0.3) is 0 Å². The molecule has 0 atom stereocenters. The van der Waals surface area contributed by atoms with Crippen LogP contribution in [0.3, 0.4) is 0 Å². The zero-order valence-electron chi connectivity index (χ0n) is 19.4. The van der Waals surface area contributed by atoms with Crippen molar-refractivity contribution in [2.45, 2.75) is 32.0 Å². The summed E-state index contributed by atoms with van der Waals surface area (Å²) in [5, 5.41) is 6.22. The lowest BCUT2D eigenvalue weighted by Gasteiger charge is -2.21. The van der Waals surface area contributed by atoms with E-state index in [-0.39, 0.29) is 6.29 Å². The molecule has 2 aromatic heterocycles. The average Bonchev–Trinajstić information content (AvgIpc) is 2.90. The van der Waals surface area contributed by atoms with Crippen LogP contribution in [0, 0.1) is 0 Å². The minimum Gasteiger partial charge on any atom is -0.352 e. The highest BCUT2D eigenvalue weighted by molar-refractivity contribution is 9.10. The van der Waals surface area contributed by atoms with Gasteiger partial charge in [-0.1, -0.05) is 46.3 Å². The highest BCUT2D eigenvalue weighted by Gasteiger charge is 2.19. The Kier molecular flexibility index (Phi) is 6.86. The number of aromatic nitrogens is 2. The van der Waals surface area contributed by atoms with Gasteiger partial charge in [-0.25, -0.2) is 9.97 Å². The highest BCUT2D eigenvalue weighted by Crippen LogP contribution is 2.40. The predicted octanol–water partition coefficient (Wildman–Crippen LogP) is 7.56. The molecule has 4 nitrogen and oxygen atoms in total. The maximum atomic E-state index is 5.51. The lowest BCUT2D eigenvalue weighted by molar-refractivity contribution is -0.105. The first-order valence-electron chi connectivity index (χ1n) is 11.6. The van der Waals surface area contributed by atoms with Gasteiger partial charge in [-0.3, -0.25) is 0 Å². The number of pyridine rings is 2. The van der Waals surface area contributed by atoms with Crippen molar-refractivity contribution in [2.75, 3.05) is 14.2 Å². The predicted molar refractivity (Wildman–Crippen MR) is 142 cm³/mol. The molecule has 0 radical (unpaired) electrons. The molecule has 5 aromatic rings. The van der Waals surface area contributed by atoms with Gasteiger partial charge in [-0.05, 0) is 83.3 Å². The molecule has 0 saturated heterocycles. The molecule has 3 aromatic carbocycles. The molecule has 172 valence electrons. The van der Waals surface area contributed by atoms with Crippen molar-refractivity contribution >= 4 is 48.5 Å². The molecule has 1 aliphatic rings.